The molecule has 0 aliphatic carbocycles. The van der Waals surface area contributed by atoms with Gasteiger partial charge < -0.3 is 10.2 Å². The third kappa shape index (κ3) is 3.33. The molecule has 2 nitrogen and oxygen atoms in total. The topological polar surface area (TPSA) is 15.3 Å². The van der Waals surface area contributed by atoms with Crippen LogP contribution in [0.4, 0.5) is 0 Å². The van der Waals surface area contributed by atoms with Crippen molar-refractivity contribution in [1.82, 2.24) is 10.2 Å². The summed E-state index contributed by atoms with van der Waals surface area (Å²) in [6, 6.07) is 8.89. The minimum absolute atomic E-state index is 0.361. The quantitative estimate of drug-likeness (QED) is 0.859. The summed E-state index contributed by atoms with van der Waals surface area (Å²) >= 11 is 0. The van der Waals surface area contributed by atoms with E-state index in [4.69, 9.17) is 0 Å². The maximum atomic E-state index is 3.70. The Labute approximate surface area is 111 Å². The summed E-state index contributed by atoms with van der Waals surface area (Å²) in [5.74, 6) is 0. The highest BCUT2D eigenvalue weighted by Gasteiger charge is 2.32. The van der Waals surface area contributed by atoms with Crippen LogP contribution in [0.1, 0.15) is 37.3 Å². The summed E-state index contributed by atoms with van der Waals surface area (Å²) in [6.07, 6.45) is 3.87. The van der Waals surface area contributed by atoms with E-state index in [2.05, 4.69) is 55.4 Å². The van der Waals surface area contributed by atoms with Gasteiger partial charge in [-0.3, -0.25) is 0 Å². The summed E-state index contributed by atoms with van der Waals surface area (Å²) in [5, 5.41) is 3.70. The number of hydrogen-bond donors (Lipinski definition) is 1. The Hall–Kier alpha value is -0.860. The molecule has 1 fully saturated rings. The van der Waals surface area contributed by atoms with Gasteiger partial charge in [0.2, 0.25) is 0 Å². The van der Waals surface area contributed by atoms with E-state index in [1.165, 1.54) is 36.9 Å². The average Bonchev–Trinajstić information content (AvgIpc) is 2.81. The second kappa shape index (κ2) is 5.85. The van der Waals surface area contributed by atoms with Crippen LogP contribution in [0.5, 0.6) is 0 Å². The van der Waals surface area contributed by atoms with E-state index in [0.29, 0.717) is 5.54 Å². The van der Waals surface area contributed by atoms with Gasteiger partial charge >= 0.3 is 0 Å². The third-order valence-electron chi connectivity index (χ3n) is 4.15. The fourth-order valence-electron chi connectivity index (χ4n) is 3.00. The molecule has 18 heavy (non-hydrogen) atoms. The number of benzene rings is 1. The third-order valence-corrected chi connectivity index (χ3v) is 4.15. The molecular formula is C16H26N2. The van der Waals surface area contributed by atoms with E-state index in [0.717, 1.165) is 13.1 Å². The maximum absolute atomic E-state index is 3.70. The molecule has 0 amide bonds. The van der Waals surface area contributed by atoms with Crippen molar-refractivity contribution in [2.45, 2.75) is 45.2 Å². The molecule has 1 heterocycles. The lowest BCUT2D eigenvalue weighted by molar-refractivity contribution is 0.214. The lowest BCUT2D eigenvalue weighted by atomic mass is 9.93. The minimum Gasteiger partial charge on any atom is -0.310 e. The maximum Gasteiger partial charge on any atom is 0.0306 e. The zero-order chi connectivity index (χ0) is 13.0. The predicted octanol–water partition coefficient (Wildman–Crippen LogP) is 2.96. The number of likely N-dealkylation sites (N-methyl/N-ethyl adjacent to an activating group) is 1. The molecule has 1 atom stereocenters. The lowest BCUT2D eigenvalue weighted by Gasteiger charge is -2.33. The number of nitrogens with zero attached hydrogens (tertiary/aromatic N) is 1. The van der Waals surface area contributed by atoms with Gasteiger partial charge in [0.25, 0.3) is 0 Å². The van der Waals surface area contributed by atoms with E-state index < -0.39 is 0 Å². The molecule has 1 N–H and O–H groups in total. The van der Waals surface area contributed by atoms with Crippen molar-refractivity contribution in [1.29, 1.82) is 0 Å². The highest BCUT2D eigenvalue weighted by molar-refractivity contribution is 5.21. The first-order valence-electron chi connectivity index (χ1n) is 7.13. The van der Waals surface area contributed by atoms with Gasteiger partial charge in [0.15, 0.2) is 0 Å². The van der Waals surface area contributed by atoms with Crippen molar-refractivity contribution in [2.24, 2.45) is 0 Å². The molecule has 1 aromatic carbocycles. The molecule has 0 bridgehead atoms. The molecule has 2 rings (SSSR count). The largest absolute Gasteiger partial charge is 0.310 e. The average molecular weight is 246 g/mol. The second-order valence-electron chi connectivity index (χ2n) is 5.82. The van der Waals surface area contributed by atoms with Gasteiger partial charge in [0, 0.05) is 18.6 Å². The molecule has 100 valence electrons. The number of hydrogen-bond acceptors (Lipinski definition) is 2. The van der Waals surface area contributed by atoms with Crippen LogP contribution in [0, 0.1) is 6.92 Å². The molecule has 1 aliphatic rings. The Balaban J connectivity index is 1.91. The molecule has 1 saturated heterocycles. The van der Waals surface area contributed by atoms with Gasteiger partial charge in [-0.15, -0.1) is 0 Å². The van der Waals surface area contributed by atoms with E-state index in [-0.39, 0.29) is 0 Å². The summed E-state index contributed by atoms with van der Waals surface area (Å²) in [7, 11) is 2.23. The Morgan fingerprint density at radius 1 is 1.28 bits per heavy atom. The highest BCUT2D eigenvalue weighted by Crippen LogP contribution is 2.24. The summed E-state index contributed by atoms with van der Waals surface area (Å²) < 4.78 is 0. The minimum atomic E-state index is 0.361. The van der Waals surface area contributed by atoms with Crippen LogP contribution in [0.25, 0.3) is 0 Å². The molecule has 0 radical (unpaired) electrons. The van der Waals surface area contributed by atoms with Crippen molar-refractivity contribution >= 4 is 0 Å². The molecule has 2 heteroatoms. The first-order chi connectivity index (χ1) is 8.63. The van der Waals surface area contributed by atoms with Crippen LogP contribution in [0.15, 0.2) is 24.3 Å². The molecule has 1 aliphatic heterocycles. The summed E-state index contributed by atoms with van der Waals surface area (Å²) in [5.41, 5.74) is 3.11. The molecule has 1 unspecified atom stereocenters. The monoisotopic (exact) mass is 246 g/mol. The first-order valence-corrected chi connectivity index (χ1v) is 7.13. The molecule has 0 aromatic heterocycles. The Bertz CT molecular complexity index is 363. The first kappa shape index (κ1) is 13.6. The standard InChI is InChI=1S/C16H26N2/c1-4-16(10-5-11-17-16)13-18(3)12-15-8-6-14(2)7-9-15/h6-9,17H,4-5,10-13H2,1-3H3. The number of rotatable bonds is 5. The van der Waals surface area contributed by atoms with Gasteiger partial charge in [0.05, 0.1) is 0 Å². The van der Waals surface area contributed by atoms with Crippen LogP contribution < -0.4 is 5.32 Å². The van der Waals surface area contributed by atoms with Crippen LogP contribution >= 0.6 is 0 Å². The lowest BCUT2D eigenvalue weighted by Crippen LogP contribution is -2.48. The second-order valence-corrected chi connectivity index (χ2v) is 5.82. The molecular weight excluding hydrogens is 220 g/mol. The van der Waals surface area contributed by atoms with Crippen molar-refractivity contribution < 1.29 is 0 Å². The zero-order valence-corrected chi connectivity index (χ0v) is 12.0. The van der Waals surface area contributed by atoms with Crippen LogP contribution in [-0.2, 0) is 6.54 Å². The van der Waals surface area contributed by atoms with Gasteiger partial charge in [-0.2, -0.15) is 0 Å². The van der Waals surface area contributed by atoms with Gasteiger partial charge in [-0.05, 0) is 45.3 Å². The number of nitrogens with one attached hydrogen (secondary N) is 1. The van der Waals surface area contributed by atoms with Crippen molar-refractivity contribution in [3.05, 3.63) is 35.4 Å². The van der Waals surface area contributed by atoms with Crippen LogP contribution in [0.3, 0.4) is 0 Å². The normalized spacial score (nSPS) is 23.8. The molecule has 0 saturated carbocycles. The fourth-order valence-corrected chi connectivity index (χ4v) is 3.00. The SMILES string of the molecule is CCC1(CN(C)Cc2ccc(C)cc2)CCCN1. The van der Waals surface area contributed by atoms with Crippen molar-refractivity contribution in [3.63, 3.8) is 0 Å². The number of aryl methyl sites for hydroxylation is 1. The summed E-state index contributed by atoms with van der Waals surface area (Å²) in [4.78, 5) is 2.45. The Morgan fingerprint density at radius 2 is 2.00 bits per heavy atom. The zero-order valence-electron chi connectivity index (χ0n) is 12.0. The molecule has 0 spiro atoms. The smallest absolute Gasteiger partial charge is 0.0306 e. The fraction of sp³-hybridized carbons (Fsp3) is 0.625. The van der Waals surface area contributed by atoms with Gasteiger partial charge in [0.1, 0.15) is 0 Å². The predicted molar refractivity (Wildman–Crippen MR) is 77.8 cm³/mol. The Kier molecular flexibility index (Phi) is 4.41. The highest BCUT2D eigenvalue weighted by atomic mass is 15.2. The van der Waals surface area contributed by atoms with E-state index >= 15 is 0 Å². The van der Waals surface area contributed by atoms with E-state index in [9.17, 15) is 0 Å². The van der Waals surface area contributed by atoms with Crippen molar-refractivity contribution in [2.75, 3.05) is 20.1 Å². The summed E-state index contributed by atoms with van der Waals surface area (Å²) in [6.45, 7) is 7.83. The molecule has 1 aromatic rings. The van der Waals surface area contributed by atoms with E-state index in [1.54, 1.807) is 0 Å². The Morgan fingerprint density at radius 3 is 2.56 bits per heavy atom. The van der Waals surface area contributed by atoms with Gasteiger partial charge in [-0.1, -0.05) is 36.8 Å². The van der Waals surface area contributed by atoms with Gasteiger partial charge in [-0.25, -0.2) is 0 Å². The van der Waals surface area contributed by atoms with Crippen molar-refractivity contribution in [3.8, 4) is 0 Å². The van der Waals surface area contributed by atoms with Crippen LogP contribution in [0.2, 0.25) is 0 Å². The van der Waals surface area contributed by atoms with Crippen LogP contribution in [-0.4, -0.2) is 30.6 Å². The van der Waals surface area contributed by atoms with E-state index in [1.807, 2.05) is 0 Å².